The lowest BCUT2D eigenvalue weighted by molar-refractivity contribution is 0.267. The van der Waals surface area contributed by atoms with Crippen LogP contribution in [0.2, 0.25) is 0 Å². The molecule has 0 saturated carbocycles. The Labute approximate surface area is 160 Å². The molecule has 0 aliphatic heterocycles. The molecule has 0 amide bonds. The molecule has 0 unspecified atom stereocenters. The van der Waals surface area contributed by atoms with E-state index < -0.39 is 16.8 Å². The molecule has 0 saturated heterocycles. The van der Waals surface area contributed by atoms with Gasteiger partial charge in [0.05, 0.1) is 40.6 Å². The topological polar surface area (TPSA) is 55.4 Å². The van der Waals surface area contributed by atoms with E-state index in [4.69, 9.17) is 27.6 Å². The Balaban J connectivity index is 3.08. The minimum Gasteiger partial charge on any atom is -0.496 e. The molecule has 0 N–H and O–H groups in total. The van der Waals surface area contributed by atoms with Gasteiger partial charge in [0.1, 0.15) is 11.5 Å². The van der Waals surface area contributed by atoms with Gasteiger partial charge in [0.15, 0.2) is 16.8 Å². The van der Waals surface area contributed by atoms with Gasteiger partial charge in [0, 0.05) is 23.5 Å². The van der Waals surface area contributed by atoms with Crippen LogP contribution < -0.4 is 9.47 Å². The van der Waals surface area contributed by atoms with Gasteiger partial charge in [-0.3, -0.25) is 0 Å². The lowest BCUT2D eigenvalue weighted by atomic mass is 10.1. The molecule has 6 nitrogen and oxygen atoms in total. The highest BCUT2D eigenvalue weighted by Crippen LogP contribution is 2.48. The molecule has 0 heterocycles. The summed E-state index contributed by atoms with van der Waals surface area (Å²) in [6.45, 7) is 10.4. The monoisotopic (exact) mass is 406 g/mol. The largest absolute Gasteiger partial charge is 0.496 e. The van der Waals surface area contributed by atoms with E-state index in [0.29, 0.717) is 38.8 Å². The molecule has 150 valence electrons. The van der Waals surface area contributed by atoms with Gasteiger partial charge < -0.3 is 27.6 Å². The van der Waals surface area contributed by atoms with E-state index in [1.807, 2.05) is 39.8 Å². The second-order valence-corrected chi connectivity index (χ2v) is 8.12. The standard InChI is InChI=1S/C18H32O6P2/c1-7-21-25(22-8-2)13-15-11-18(20-6)16(12-17(15)19-5)14-26(23-9-3)24-10-4/h11-12H,7-10,13-14H2,1-6H3. The smallest absolute Gasteiger partial charge is 0.175 e. The quantitative estimate of drug-likeness (QED) is 0.382. The average Bonchev–Trinajstić information content (AvgIpc) is 2.63. The van der Waals surface area contributed by atoms with Crippen molar-refractivity contribution in [3.05, 3.63) is 23.3 Å². The Morgan fingerprint density at radius 2 is 0.923 bits per heavy atom. The number of hydrogen-bond acceptors (Lipinski definition) is 6. The van der Waals surface area contributed by atoms with Gasteiger partial charge in [-0.15, -0.1) is 0 Å². The SMILES string of the molecule is CCOP(Cc1cc(OC)c(CP(OCC)OCC)cc1OC)OCC. The van der Waals surface area contributed by atoms with Gasteiger partial charge in [-0.25, -0.2) is 0 Å². The van der Waals surface area contributed by atoms with Gasteiger partial charge in [0.2, 0.25) is 0 Å². The van der Waals surface area contributed by atoms with E-state index >= 15 is 0 Å². The molecule has 0 aliphatic rings. The lowest BCUT2D eigenvalue weighted by Gasteiger charge is -2.21. The third-order valence-electron chi connectivity index (χ3n) is 3.37. The fraction of sp³-hybridized carbons (Fsp3) is 0.667. The van der Waals surface area contributed by atoms with Crippen molar-refractivity contribution in [3.63, 3.8) is 0 Å². The van der Waals surface area contributed by atoms with Crippen molar-refractivity contribution in [1.29, 1.82) is 0 Å². The summed E-state index contributed by atoms with van der Waals surface area (Å²) < 4.78 is 34.1. The van der Waals surface area contributed by atoms with E-state index in [-0.39, 0.29) is 0 Å². The van der Waals surface area contributed by atoms with Crippen LogP contribution in [-0.2, 0) is 30.4 Å². The minimum atomic E-state index is -0.995. The maximum absolute atomic E-state index is 5.73. The molecule has 8 heteroatoms. The third-order valence-corrected chi connectivity index (χ3v) is 6.76. The minimum absolute atomic E-state index is 0.621. The first kappa shape index (κ1) is 23.6. The van der Waals surface area contributed by atoms with Crippen LogP contribution in [0.25, 0.3) is 0 Å². The summed E-state index contributed by atoms with van der Waals surface area (Å²) >= 11 is 0. The number of benzene rings is 1. The number of rotatable bonds is 14. The number of ether oxygens (including phenoxy) is 2. The van der Waals surface area contributed by atoms with E-state index in [9.17, 15) is 0 Å². The molecule has 1 aromatic rings. The molecule has 0 atom stereocenters. The van der Waals surface area contributed by atoms with Gasteiger partial charge >= 0.3 is 0 Å². The van der Waals surface area contributed by atoms with Crippen LogP contribution in [0, 0.1) is 0 Å². The van der Waals surface area contributed by atoms with E-state index in [0.717, 1.165) is 22.6 Å². The van der Waals surface area contributed by atoms with Gasteiger partial charge in [-0.2, -0.15) is 0 Å². The van der Waals surface area contributed by atoms with Crippen LogP contribution in [0.3, 0.4) is 0 Å². The molecule has 1 rings (SSSR count). The maximum atomic E-state index is 5.73. The Morgan fingerprint density at radius 3 is 1.15 bits per heavy atom. The molecule has 0 aliphatic carbocycles. The second kappa shape index (κ2) is 13.7. The number of hydrogen-bond donors (Lipinski definition) is 0. The Kier molecular flexibility index (Phi) is 12.4. The summed E-state index contributed by atoms with van der Waals surface area (Å²) in [4.78, 5) is 0. The van der Waals surface area contributed by atoms with Gasteiger partial charge in [-0.05, 0) is 39.8 Å². The van der Waals surface area contributed by atoms with Crippen LogP contribution in [-0.4, -0.2) is 40.6 Å². The summed E-state index contributed by atoms with van der Waals surface area (Å²) in [5.74, 6) is 1.60. The van der Waals surface area contributed by atoms with Crippen molar-refractivity contribution >= 4 is 16.8 Å². The predicted octanol–water partition coefficient (Wildman–Crippen LogP) is 5.47. The summed E-state index contributed by atoms with van der Waals surface area (Å²) in [6, 6.07) is 4.01. The Hall–Kier alpha value is -0.480. The average molecular weight is 406 g/mol. The first-order valence-electron chi connectivity index (χ1n) is 8.93. The van der Waals surface area contributed by atoms with E-state index in [1.165, 1.54) is 0 Å². The molecule has 1 aromatic carbocycles. The Bertz CT molecular complexity index is 457. The fourth-order valence-corrected chi connectivity index (χ4v) is 5.10. The second-order valence-electron chi connectivity index (χ2n) is 5.13. The van der Waals surface area contributed by atoms with Crippen LogP contribution in [0.5, 0.6) is 11.5 Å². The number of methoxy groups -OCH3 is 2. The lowest BCUT2D eigenvalue weighted by Crippen LogP contribution is -2.02. The molecule has 0 spiro atoms. The van der Waals surface area contributed by atoms with Crippen LogP contribution >= 0.6 is 16.8 Å². The predicted molar refractivity (Wildman–Crippen MR) is 107 cm³/mol. The van der Waals surface area contributed by atoms with Crippen molar-refractivity contribution in [2.24, 2.45) is 0 Å². The molecule has 0 bridgehead atoms. The van der Waals surface area contributed by atoms with Crippen molar-refractivity contribution in [3.8, 4) is 11.5 Å². The first-order valence-corrected chi connectivity index (χ1v) is 11.7. The molecule has 0 aromatic heterocycles. The normalized spacial score (nSPS) is 11.4. The third kappa shape index (κ3) is 7.64. The van der Waals surface area contributed by atoms with Crippen molar-refractivity contribution in [2.45, 2.75) is 40.0 Å². The summed E-state index contributed by atoms with van der Waals surface area (Å²) in [5.41, 5.74) is 2.02. The van der Waals surface area contributed by atoms with Crippen molar-refractivity contribution < 1.29 is 27.6 Å². The first-order chi connectivity index (χ1) is 12.6. The van der Waals surface area contributed by atoms with Crippen LogP contribution in [0.4, 0.5) is 0 Å². The zero-order chi connectivity index (χ0) is 19.4. The van der Waals surface area contributed by atoms with Crippen LogP contribution in [0.1, 0.15) is 38.8 Å². The Morgan fingerprint density at radius 1 is 0.615 bits per heavy atom. The molecular formula is C18H32O6P2. The zero-order valence-corrected chi connectivity index (χ0v) is 18.5. The molecule has 0 radical (unpaired) electrons. The van der Waals surface area contributed by atoms with Gasteiger partial charge in [-0.1, -0.05) is 0 Å². The molecule has 0 fully saturated rings. The molecule has 26 heavy (non-hydrogen) atoms. The maximum Gasteiger partial charge on any atom is 0.175 e. The molecular weight excluding hydrogens is 374 g/mol. The van der Waals surface area contributed by atoms with E-state index in [2.05, 4.69) is 0 Å². The summed E-state index contributed by atoms with van der Waals surface area (Å²) in [7, 11) is 1.36. The van der Waals surface area contributed by atoms with Crippen molar-refractivity contribution in [1.82, 2.24) is 0 Å². The van der Waals surface area contributed by atoms with Crippen LogP contribution in [0.15, 0.2) is 12.1 Å². The fourth-order valence-electron chi connectivity index (χ4n) is 2.38. The highest BCUT2D eigenvalue weighted by Gasteiger charge is 2.20. The highest BCUT2D eigenvalue weighted by atomic mass is 31.2. The summed E-state index contributed by atoms with van der Waals surface area (Å²) in [6.07, 6.45) is 1.31. The van der Waals surface area contributed by atoms with Crippen molar-refractivity contribution in [2.75, 3.05) is 40.6 Å². The zero-order valence-electron chi connectivity index (χ0n) is 16.7. The highest BCUT2D eigenvalue weighted by molar-refractivity contribution is 7.46. The van der Waals surface area contributed by atoms with E-state index in [1.54, 1.807) is 14.2 Å². The van der Waals surface area contributed by atoms with Gasteiger partial charge in [0.25, 0.3) is 0 Å². The summed E-state index contributed by atoms with van der Waals surface area (Å²) in [5, 5.41) is 0.